The smallest absolute Gasteiger partial charge is 0.315 e. The first-order valence-corrected chi connectivity index (χ1v) is 21.3. The fourth-order valence-electron chi connectivity index (χ4n) is 6.67. The van der Waals surface area contributed by atoms with Crippen LogP contribution in [0.25, 0.3) is 0 Å². The zero-order valence-corrected chi connectivity index (χ0v) is 35.2. The minimum absolute atomic E-state index is 0.0143. The second kappa shape index (κ2) is 26.4. The number of carbonyl (C=O) groups is 9. The summed E-state index contributed by atoms with van der Waals surface area (Å²) in [5.74, 6) is -5.92. The van der Waals surface area contributed by atoms with Crippen molar-refractivity contribution in [1.29, 1.82) is 0 Å². The van der Waals surface area contributed by atoms with Gasteiger partial charge in [0.25, 0.3) is 0 Å². The molecule has 1 unspecified atom stereocenters. The van der Waals surface area contributed by atoms with Crippen molar-refractivity contribution in [2.45, 2.75) is 127 Å². The Labute approximate surface area is 348 Å². The second-order valence-electron chi connectivity index (χ2n) is 15.4. The van der Waals surface area contributed by atoms with E-state index >= 15 is 0 Å². The van der Waals surface area contributed by atoms with Gasteiger partial charge in [-0.15, -0.1) is 0 Å². The molecule has 334 valence electrons. The van der Waals surface area contributed by atoms with Gasteiger partial charge in [0.15, 0.2) is 0 Å². The van der Waals surface area contributed by atoms with Crippen molar-refractivity contribution < 1.29 is 53.5 Å². The zero-order valence-electron chi connectivity index (χ0n) is 34.4. The van der Waals surface area contributed by atoms with Gasteiger partial charge in [-0.3, -0.25) is 43.6 Å². The molecule has 0 aliphatic carbocycles. The number of urea groups is 1. The number of amides is 10. The molecule has 21 nitrogen and oxygen atoms in total. The third-order valence-corrected chi connectivity index (χ3v) is 11.7. The Morgan fingerprint density at radius 1 is 0.814 bits per heavy atom. The number of unbranched alkanes of at least 4 members (excludes halogenated alkanes) is 2. The van der Waals surface area contributed by atoms with E-state index in [1.165, 1.54) is 5.48 Å². The molecule has 0 aromatic carbocycles. The number of primary amides is 1. The minimum atomic E-state index is -1.47. The van der Waals surface area contributed by atoms with E-state index in [0.717, 1.165) is 25.0 Å². The van der Waals surface area contributed by atoms with E-state index in [2.05, 4.69) is 42.5 Å². The monoisotopic (exact) mass is 856 g/mol. The van der Waals surface area contributed by atoms with Crippen molar-refractivity contribution in [2.75, 3.05) is 32.0 Å². The average molecular weight is 857 g/mol. The van der Waals surface area contributed by atoms with Crippen molar-refractivity contribution >= 4 is 65.1 Å². The molecule has 2 aliphatic rings. The van der Waals surface area contributed by atoms with Crippen molar-refractivity contribution in [3.8, 4) is 0 Å². The molecule has 2 aliphatic heterocycles. The van der Waals surface area contributed by atoms with Crippen LogP contribution < -0.4 is 53.7 Å². The highest BCUT2D eigenvalue weighted by molar-refractivity contribution is 8.00. The highest BCUT2D eigenvalue weighted by atomic mass is 32.2. The molecule has 59 heavy (non-hydrogen) atoms. The molecule has 13 N–H and O–H groups in total. The topological polar surface area (TPSA) is 328 Å². The first-order valence-electron chi connectivity index (χ1n) is 20.2. The van der Waals surface area contributed by atoms with Crippen LogP contribution in [0.15, 0.2) is 0 Å². The average Bonchev–Trinajstić information content (AvgIpc) is 3.75. The van der Waals surface area contributed by atoms with Crippen LogP contribution in [0.5, 0.6) is 0 Å². The van der Waals surface area contributed by atoms with Crippen molar-refractivity contribution in [3.63, 3.8) is 0 Å². The van der Waals surface area contributed by atoms with Gasteiger partial charge in [-0.1, -0.05) is 40.5 Å². The summed E-state index contributed by atoms with van der Waals surface area (Å²) in [5, 5.41) is 39.9. The van der Waals surface area contributed by atoms with Gasteiger partial charge in [-0.2, -0.15) is 11.8 Å². The molecule has 2 heterocycles. The predicted molar refractivity (Wildman–Crippen MR) is 216 cm³/mol. The van der Waals surface area contributed by atoms with Gasteiger partial charge in [0.2, 0.25) is 47.3 Å². The van der Waals surface area contributed by atoms with Gasteiger partial charge in [0, 0.05) is 36.3 Å². The molecular formula is C37H64N10O11S. The van der Waals surface area contributed by atoms with Crippen LogP contribution in [0.4, 0.5) is 4.79 Å². The van der Waals surface area contributed by atoms with E-state index in [9.17, 15) is 48.3 Å². The summed E-state index contributed by atoms with van der Waals surface area (Å²) in [7, 11) is 0. The van der Waals surface area contributed by atoms with Gasteiger partial charge < -0.3 is 53.4 Å². The summed E-state index contributed by atoms with van der Waals surface area (Å²) in [6.45, 7) is 5.54. The summed E-state index contributed by atoms with van der Waals surface area (Å²) < 4.78 is 0. The summed E-state index contributed by atoms with van der Waals surface area (Å²) in [5.41, 5.74) is 6.93. The predicted octanol–water partition coefficient (Wildman–Crippen LogP) is -2.23. The molecule has 0 bridgehead atoms. The lowest BCUT2D eigenvalue weighted by Crippen LogP contribution is -2.58. The lowest BCUT2D eigenvalue weighted by Gasteiger charge is -2.27. The van der Waals surface area contributed by atoms with Crippen molar-refractivity contribution in [1.82, 2.24) is 48.0 Å². The molecule has 0 aromatic heterocycles. The molecule has 0 saturated carbocycles. The zero-order chi connectivity index (χ0) is 44.1. The first kappa shape index (κ1) is 50.4. The van der Waals surface area contributed by atoms with Crippen LogP contribution in [0.1, 0.15) is 91.9 Å². The van der Waals surface area contributed by atoms with E-state index in [-0.39, 0.29) is 49.2 Å². The molecule has 8 atom stereocenters. The highest BCUT2D eigenvalue weighted by Crippen LogP contribution is 2.33. The summed E-state index contributed by atoms with van der Waals surface area (Å²) >= 11 is 1.83. The van der Waals surface area contributed by atoms with Gasteiger partial charge in [-0.05, 0) is 50.4 Å². The number of rotatable bonds is 28. The largest absolute Gasteiger partial charge is 0.394 e. The van der Waals surface area contributed by atoms with E-state index in [1.54, 1.807) is 13.8 Å². The number of nitrogens with one attached hydrogen (secondary N) is 9. The molecule has 0 radical (unpaired) electrons. The number of hydroxylamine groups is 1. The Hall–Kier alpha value is -4.70. The number of fused-ring (bicyclic) bond motifs is 1. The number of hydrogen-bond acceptors (Lipinski definition) is 12. The maximum absolute atomic E-state index is 13.1. The van der Waals surface area contributed by atoms with Crippen LogP contribution in [-0.4, -0.2) is 131 Å². The van der Waals surface area contributed by atoms with Crippen LogP contribution in [-0.2, 0) is 38.4 Å². The van der Waals surface area contributed by atoms with Crippen molar-refractivity contribution in [2.24, 2.45) is 23.5 Å². The molecule has 10 amide bonds. The number of nitrogens with two attached hydrogens (primary N) is 1. The van der Waals surface area contributed by atoms with Gasteiger partial charge >= 0.3 is 6.03 Å². The fourth-order valence-corrected chi connectivity index (χ4v) is 8.22. The Kier molecular flexibility index (Phi) is 22.6. The van der Waals surface area contributed by atoms with Crippen LogP contribution in [0.3, 0.4) is 0 Å². The second-order valence-corrected chi connectivity index (χ2v) is 16.7. The standard InChI is InChI=1S/C37H64N10O11S/c1-5-21(4)31(45-35(55)24(18-48)43-34(54)22(14-20(2)3)15-28(50)47-58)36(56)41-16-29(51)40-17-30(52)42-23(33(38)53)10-8-9-13-39-27(49)12-7-6-11-26-32-25(19-59-26)44-37(57)46-32/h20-26,31-32,48,58H,5-19H2,1-4H3,(H2,38,53)(H,39,49)(H,40,51)(H,41,56)(H,42,52)(H,43,54)(H,45,55)(H,47,50)(H2,44,46,57)/t21-,22?,23-,24-,25-,26-,31-,32-/m0/s1. The lowest BCUT2D eigenvalue weighted by molar-refractivity contribution is -0.137. The van der Waals surface area contributed by atoms with Crippen LogP contribution in [0, 0.1) is 17.8 Å². The van der Waals surface area contributed by atoms with E-state index in [1.807, 2.05) is 25.6 Å². The lowest BCUT2D eigenvalue weighted by atomic mass is 9.92. The van der Waals surface area contributed by atoms with E-state index in [0.29, 0.717) is 37.5 Å². The first-order chi connectivity index (χ1) is 28.0. The number of thioether (sulfide) groups is 1. The third-order valence-electron chi connectivity index (χ3n) is 10.2. The SMILES string of the molecule is CC[C@H](C)[C@H](NC(=O)[C@H](CO)NC(=O)C(CC(=O)NO)CC(C)C)C(=O)NCC(=O)NCC(=O)N[C@@H](CCCCNC(=O)CCCC[C@@H]1SC[C@@H]2NC(=O)N[C@@H]21)C(N)=O. The number of aliphatic hydroxyl groups excluding tert-OH is 1. The van der Waals surface area contributed by atoms with Crippen LogP contribution >= 0.6 is 11.8 Å². The molecule has 0 aromatic rings. The number of aliphatic hydroxyl groups is 1. The molecule has 2 fully saturated rings. The van der Waals surface area contributed by atoms with Gasteiger partial charge in [0.1, 0.15) is 18.1 Å². The molecule has 22 heteroatoms. The molecule has 2 saturated heterocycles. The Morgan fingerprint density at radius 2 is 1.53 bits per heavy atom. The van der Waals surface area contributed by atoms with E-state index < -0.39 is 91.0 Å². The number of hydrogen-bond donors (Lipinski definition) is 12. The number of carbonyl (C=O) groups excluding carboxylic acids is 9. The van der Waals surface area contributed by atoms with E-state index in [4.69, 9.17) is 10.9 Å². The minimum Gasteiger partial charge on any atom is -0.394 e. The summed E-state index contributed by atoms with van der Waals surface area (Å²) in [6.07, 6.45) is 4.41. The summed E-state index contributed by atoms with van der Waals surface area (Å²) in [6, 6.07) is -3.49. The Balaban J connectivity index is 1.71. The maximum atomic E-state index is 13.1. The molecule has 2 rings (SSSR count). The van der Waals surface area contributed by atoms with Crippen molar-refractivity contribution in [3.05, 3.63) is 0 Å². The molecular weight excluding hydrogens is 793 g/mol. The van der Waals surface area contributed by atoms with Crippen LogP contribution in [0.2, 0.25) is 0 Å². The Bertz CT molecular complexity index is 1470. The summed E-state index contributed by atoms with van der Waals surface area (Å²) in [4.78, 5) is 112. The third kappa shape index (κ3) is 18.4. The molecule has 0 spiro atoms. The Morgan fingerprint density at radius 3 is 2.17 bits per heavy atom. The highest BCUT2D eigenvalue weighted by Gasteiger charge is 2.42. The maximum Gasteiger partial charge on any atom is 0.315 e. The van der Waals surface area contributed by atoms with Gasteiger partial charge in [0.05, 0.1) is 31.8 Å². The van der Waals surface area contributed by atoms with Gasteiger partial charge in [-0.25, -0.2) is 10.3 Å². The normalized spacial score (nSPS) is 19.4. The fraction of sp³-hybridized carbons (Fsp3) is 0.757. The quantitative estimate of drug-likeness (QED) is 0.0172.